The van der Waals surface area contributed by atoms with Crippen LogP contribution in [-0.2, 0) is 30.7 Å². The molecule has 4 nitrogen and oxygen atoms in total. The lowest BCUT2D eigenvalue weighted by Gasteiger charge is -2.16. The summed E-state index contributed by atoms with van der Waals surface area (Å²) in [4.78, 5) is 23.9. The molecule has 4 rings (SSSR count). The highest BCUT2D eigenvalue weighted by molar-refractivity contribution is 5.90. The Morgan fingerprint density at radius 2 is 1.92 bits per heavy atom. The number of benzene rings is 2. The van der Waals surface area contributed by atoms with Crippen molar-refractivity contribution in [2.75, 3.05) is 0 Å². The molecule has 1 aliphatic heterocycles. The van der Waals surface area contributed by atoms with Crippen LogP contribution in [0.4, 0.5) is 0 Å². The summed E-state index contributed by atoms with van der Waals surface area (Å²) in [6, 6.07) is 14.4. The molecular formula is C22H23N3O. The molecule has 2 heterocycles. The summed E-state index contributed by atoms with van der Waals surface area (Å²) in [5.41, 5.74) is 3.15. The number of amides is 1. The van der Waals surface area contributed by atoms with Gasteiger partial charge in [0.05, 0.1) is 18.7 Å². The fourth-order valence-electron chi connectivity index (χ4n) is 3.56. The molecule has 0 saturated heterocycles. The van der Waals surface area contributed by atoms with Crippen LogP contribution >= 0.6 is 0 Å². The summed E-state index contributed by atoms with van der Waals surface area (Å²) in [5.74, 6) is 1.55. The Labute approximate surface area is 153 Å². The predicted octanol–water partition coefficient (Wildman–Crippen LogP) is 3.91. The molecule has 4 heteroatoms. The number of aromatic nitrogens is 2. The van der Waals surface area contributed by atoms with Crippen molar-refractivity contribution in [3.63, 3.8) is 0 Å². The lowest BCUT2D eigenvalue weighted by molar-refractivity contribution is -0.131. The maximum absolute atomic E-state index is 12.9. The van der Waals surface area contributed by atoms with E-state index in [-0.39, 0.29) is 5.91 Å². The maximum atomic E-state index is 12.9. The summed E-state index contributed by atoms with van der Waals surface area (Å²) in [7, 11) is 0. The third-order valence-corrected chi connectivity index (χ3v) is 4.87. The second-order valence-corrected chi connectivity index (χ2v) is 7.42. The number of fused-ring (bicyclic) bond motifs is 2. The molecule has 1 aliphatic rings. The van der Waals surface area contributed by atoms with E-state index >= 15 is 0 Å². The third kappa shape index (κ3) is 3.32. The summed E-state index contributed by atoms with van der Waals surface area (Å²) in [5, 5.41) is 2.32. The maximum Gasteiger partial charge on any atom is 0.227 e. The monoisotopic (exact) mass is 345 g/mol. The topological polar surface area (TPSA) is 46.1 Å². The number of hydrogen-bond donors (Lipinski definition) is 0. The van der Waals surface area contributed by atoms with Crippen LogP contribution in [0.1, 0.15) is 36.5 Å². The van der Waals surface area contributed by atoms with E-state index in [9.17, 15) is 4.79 Å². The second kappa shape index (κ2) is 6.87. The summed E-state index contributed by atoms with van der Waals surface area (Å²) in [6.07, 6.45) is 3.18. The lowest BCUT2D eigenvalue weighted by atomic mass is 10.0. The number of carbonyl (C=O) groups excluding carboxylic acids is 1. The molecule has 0 aliphatic carbocycles. The van der Waals surface area contributed by atoms with Crippen LogP contribution in [0.15, 0.2) is 48.7 Å². The molecule has 0 unspecified atom stereocenters. The van der Waals surface area contributed by atoms with Crippen molar-refractivity contribution in [1.29, 1.82) is 0 Å². The minimum atomic E-state index is 0.143. The Morgan fingerprint density at radius 1 is 1.12 bits per heavy atom. The van der Waals surface area contributed by atoms with Gasteiger partial charge in [-0.15, -0.1) is 0 Å². The van der Waals surface area contributed by atoms with Crippen LogP contribution in [-0.4, -0.2) is 20.8 Å². The molecule has 132 valence electrons. The van der Waals surface area contributed by atoms with Gasteiger partial charge < -0.3 is 4.90 Å². The SMILES string of the molecule is CC(C)Cc1ncc2c(n1)CN(C(=O)Cc1cccc3ccccc13)C2. The van der Waals surface area contributed by atoms with E-state index in [1.54, 1.807) is 0 Å². The van der Waals surface area contributed by atoms with E-state index in [0.717, 1.165) is 34.5 Å². The van der Waals surface area contributed by atoms with E-state index in [1.165, 1.54) is 5.39 Å². The first-order valence-corrected chi connectivity index (χ1v) is 9.18. The molecule has 1 amide bonds. The van der Waals surface area contributed by atoms with Crippen molar-refractivity contribution < 1.29 is 4.79 Å². The highest BCUT2D eigenvalue weighted by atomic mass is 16.2. The molecule has 0 radical (unpaired) electrons. The zero-order chi connectivity index (χ0) is 18.1. The molecule has 3 aromatic rings. The molecule has 0 N–H and O–H groups in total. The van der Waals surface area contributed by atoms with Gasteiger partial charge in [0.2, 0.25) is 5.91 Å². The number of hydrogen-bond acceptors (Lipinski definition) is 3. The molecule has 0 atom stereocenters. The molecular weight excluding hydrogens is 322 g/mol. The molecule has 2 aromatic carbocycles. The van der Waals surface area contributed by atoms with Crippen LogP contribution in [0.25, 0.3) is 10.8 Å². The first-order chi connectivity index (χ1) is 12.6. The van der Waals surface area contributed by atoms with Gasteiger partial charge in [0.15, 0.2) is 0 Å². The standard InChI is InChI=1S/C22H23N3O/c1-15(2)10-21-23-12-18-13-25(14-20(18)24-21)22(26)11-17-8-5-7-16-6-3-4-9-19(16)17/h3-9,12,15H,10-11,13-14H2,1-2H3. The molecule has 26 heavy (non-hydrogen) atoms. The van der Waals surface area contributed by atoms with E-state index in [4.69, 9.17) is 0 Å². The molecule has 0 bridgehead atoms. The number of carbonyl (C=O) groups is 1. The zero-order valence-electron chi connectivity index (χ0n) is 15.3. The van der Waals surface area contributed by atoms with Crippen molar-refractivity contribution in [2.45, 2.75) is 39.8 Å². The first-order valence-electron chi connectivity index (χ1n) is 9.18. The van der Waals surface area contributed by atoms with Crippen LogP contribution in [0, 0.1) is 5.92 Å². The summed E-state index contributed by atoms with van der Waals surface area (Å²) >= 11 is 0. The van der Waals surface area contributed by atoms with Crippen molar-refractivity contribution in [2.24, 2.45) is 5.92 Å². The highest BCUT2D eigenvalue weighted by Crippen LogP contribution is 2.24. The molecule has 0 fully saturated rings. The Hall–Kier alpha value is -2.75. The number of rotatable bonds is 4. The van der Waals surface area contributed by atoms with Gasteiger partial charge in [-0.25, -0.2) is 9.97 Å². The Bertz CT molecular complexity index is 959. The Balaban J connectivity index is 1.51. The normalized spacial score (nSPS) is 13.4. The van der Waals surface area contributed by atoms with Gasteiger partial charge in [0.1, 0.15) is 5.82 Å². The van der Waals surface area contributed by atoms with Crippen molar-refractivity contribution >= 4 is 16.7 Å². The van der Waals surface area contributed by atoms with Gasteiger partial charge in [0, 0.05) is 24.7 Å². The van der Waals surface area contributed by atoms with Gasteiger partial charge >= 0.3 is 0 Å². The average molecular weight is 345 g/mol. The van der Waals surface area contributed by atoms with Crippen LogP contribution in [0.3, 0.4) is 0 Å². The van der Waals surface area contributed by atoms with Crippen LogP contribution in [0.2, 0.25) is 0 Å². The van der Waals surface area contributed by atoms with Crippen molar-refractivity contribution in [3.8, 4) is 0 Å². The van der Waals surface area contributed by atoms with E-state index in [2.05, 4.69) is 42.0 Å². The Kier molecular flexibility index (Phi) is 4.41. The molecule has 0 saturated carbocycles. The van der Waals surface area contributed by atoms with Crippen molar-refractivity contribution in [1.82, 2.24) is 14.9 Å². The molecule has 1 aromatic heterocycles. The summed E-state index contributed by atoms with van der Waals surface area (Å²) in [6.45, 7) is 5.53. The highest BCUT2D eigenvalue weighted by Gasteiger charge is 2.25. The average Bonchev–Trinajstić information content (AvgIpc) is 3.05. The van der Waals surface area contributed by atoms with E-state index in [0.29, 0.717) is 25.4 Å². The third-order valence-electron chi connectivity index (χ3n) is 4.87. The van der Waals surface area contributed by atoms with E-state index in [1.807, 2.05) is 35.4 Å². The van der Waals surface area contributed by atoms with Crippen molar-refractivity contribution in [3.05, 3.63) is 71.3 Å². The fraction of sp³-hybridized carbons (Fsp3) is 0.318. The first kappa shape index (κ1) is 16.7. The fourth-order valence-corrected chi connectivity index (χ4v) is 3.56. The van der Waals surface area contributed by atoms with Gasteiger partial charge in [0.25, 0.3) is 0 Å². The van der Waals surface area contributed by atoms with Gasteiger partial charge in [-0.05, 0) is 22.3 Å². The number of nitrogens with zero attached hydrogens (tertiary/aromatic N) is 3. The minimum Gasteiger partial charge on any atom is -0.332 e. The Morgan fingerprint density at radius 3 is 2.77 bits per heavy atom. The molecule has 0 spiro atoms. The minimum absolute atomic E-state index is 0.143. The van der Waals surface area contributed by atoms with Crippen LogP contribution in [0.5, 0.6) is 0 Å². The largest absolute Gasteiger partial charge is 0.332 e. The zero-order valence-corrected chi connectivity index (χ0v) is 15.3. The summed E-state index contributed by atoms with van der Waals surface area (Å²) < 4.78 is 0. The van der Waals surface area contributed by atoms with Gasteiger partial charge in [-0.2, -0.15) is 0 Å². The smallest absolute Gasteiger partial charge is 0.227 e. The van der Waals surface area contributed by atoms with Crippen LogP contribution < -0.4 is 0 Å². The van der Waals surface area contributed by atoms with E-state index < -0.39 is 0 Å². The predicted molar refractivity (Wildman–Crippen MR) is 102 cm³/mol. The second-order valence-electron chi connectivity index (χ2n) is 7.42. The van der Waals surface area contributed by atoms with Gasteiger partial charge in [-0.3, -0.25) is 4.79 Å². The lowest BCUT2D eigenvalue weighted by Crippen LogP contribution is -2.27. The van der Waals surface area contributed by atoms with Gasteiger partial charge in [-0.1, -0.05) is 56.3 Å². The quantitative estimate of drug-likeness (QED) is 0.720.